The highest BCUT2D eigenvalue weighted by Gasteiger charge is 2.19. The van der Waals surface area contributed by atoms with Gasteiger partial charge in [-0.25, -0.2) is 4.98 Å². The number of aromatic nitrogens is 1. The molecule has 3 aromatic rings. The Morgan fingerprint density at radius 3 is 2.54 bits per heavy atom. The van der Waals surface area contributed by atoms with Gasteiger partial charge in [0.1, 0.15) is 24.2 Å². The molecule has 8 nitrogen and oxygen atoms in total. The number of β-amino-alcohol motifs (C(OH)–C–C–N with tert-alkyl or cyclic N) is 1. The van der Waals surface area contributed by atoms with Gasteiger partial charge in [0.25, 0.3) is 0 Å². The first-order valence-electron chi connectivity index (χ1n) is 14.0. The Kier molecular flexibility index (Phi) is 11.4. The largest absolute Gasteiger partial charge is 0.494 e. The highest BCUT2D eigenvalue weighted by molar-refractivity contribution is 7.18. The van der Waals surface area contributed by atoms with Crippen LogP contribution in [0.1, 0.15) is 36.8 Å². The van der Waals surface area contributed by atoms with Crippen LogP contribution in [0.4, 0.5) is 0 Å². The summed E-state index contributed by atoms with van der Waals surface area (Å²) in [5.41, 5.74) is 2.06. The van der Waals surface area contributed by atoms with E-state index >= 15 is 0 Å². The van der Waals surface area contributed by atoms with Gasteiger partial charge >= 0.3 is 5.97 Å². The van der Waals surface area contributed by atoms with Crippen molar-refractivity contribution < 1.29 is 24.1 Å². The van der Waals surface area contributed by atoms with Crippen LogP contribution in [-0.4, -0.2) is 91.1 Å². The number of thiazole rings is 1. The smallest absolute Gasteiger partial charge is 0.306 e. The predicted octanol–water partition coefficient (Wildman–Crippen LogP) is 4.32. The van der Waals surface area contributed by atoms with Crippen molar-refractivity contribution in [2.45, 2.75) is 45.6 Å². The van der Waals surface area contributed by atoms with Crippen LogP contribution in [-0.2, 0) is 16.0 Å². The lowest BCUT2D eigenvalue weighted by Crippen LogP contribution is -2.49. The molecule has 9 heteroatoms. The molecule has 1 aliphatic heterocycles. The van der Waals surface area contributed by atoms with Crippen molar-refractivity contribution in [1.82, 2.24) is 14.8 Å². The molecule has 2 heterocycles. The first-order valence-corrected chi connectivity index (χ1v) is 14.8. The summed E-state index contributed by atoms with van der Waals surface area (Å²) in [7, 11) is 0. The van der Waals surface area contributed by atoms with Crippen molar-refractivity contribution in [3.05, 3.63) is 53.0 Å². The molecule has 0 radical (unpaired) electrons. The number of hydrogen-bond donors (Lipinski definition) is 1. The van der Waals surface area contributed by atoms with E-state index in [4.69, 9.17) is 14.2 Å². The van der Waals surface area contributed by atoms with Crippen LogP contribution in [0.5, 0.6) is 11.5 Å². The normalized spacial score (nSPS) is 15.4. The van der Waals surface area contributed by atoms with E-state index in [0.29, 0.717) is 32.6 Å². The number of nitrogens with zero attached hydrogens (tertiary/aromatic N) is 3. The zero-order chi connectivity index (χ0) is 27.5. The van der Waals surface area contributed by atoms with Gasteiger partial charge in [0.2, 0.25) is 0 Å². The van der Waals surface area contributed by atoms with Crippen molar-refractivity contribution >= 4 is 27.5 Å². The van der Waals surface area contributed by atoms with Crippen LogP contribution in [0.15, 0.2) is 42.5 Å². The van der Waals surface area contributed by atoms with Gasteiger partial charge in [0.05, 0.1) is 28.4 Å². The molecule has 4 rings (SSSR count). The molecule has 1 atom stereocenters. The third-order valence-electron chi connectivity index (χ3n) is 6.83. The Morgan fingerprint density at radius 1 is 1.03 bits per heavy atom. The number of ether oxygens (including phenoxy) is 3. The molecule has 1 aliphatic rings. The van der Waals surface area contributed by atoms with Crippen LogP contribution in [0.25, 0.3) is 10.2 Å². The van der Waals surface area contributed by atoms with Crippen LogP contribution in [0.2, 0.25) is 0 Å². The summed E-state index contributed by atoms with van der Waals surface area (Å²) >= 11 is 1.67. The van der Waals surface area contributed by atoms with E-state index in [1.54, 1.807) is 11.3 Å². The summed E-state index contributed by atoms with van der Waals surface area (Å²) in [6.45, 7) is 10.9. The van der Waals surface area contributed by atoms with Crippen molar-refractivity contribution in [2.24, 2.45) is 0 Å². The topological polar surface area (TPSA) is 84.4 Å². The number of aliphatic hydroxyl groups is 1. The minimum Gasteiger partial charge on any atom is -0.494 e. The third kappa shape index (κ3) is 9.76. The summed E-state index contributed by atoms with van der Waals surface area (Å²) in [4.78, 5) is 20.8. The number of piperazine rings is 1. The second-order valence-corrected chi connectivity index (χ2v) is 11.2. The Morgan fingerprint density at radius 2 is 1.77 bits per heavy atom. The summed E-state index contributed by atoms with van der Waals surface area (Å²) in [6.07, 6.45) is 2.67. The average Bonchev–Trinajstić information content (AvgIpc) is 3.31. The SMILES string of the molecule is CCOC(=O)CCc1ccc(OCCCCN2CCN(C[C@@H](O)COc3ccc4sc(C)nc4c3)CC2)cc1. The Labute approximate surface area is 235 Å². The molecular weight excluding hydrogens is 514 g/mol. The maximum atomic E-state index is 11.5. The van der Waals surface area contributed by atoms with Gasteiger partial charge in [-0.2, -0.15) is 0 Å². The molecule has 1 fully saturated rings. The van der Waals surface area contributed by atoms with E-state index in [-0.39, 0.29) is 12.6 Å². The minimum atomic E-state index is -0.520. The number of benzene rings is 2. The third-order valence-corrected chi connectivity index (χ3v) is 7.78. The Hall–Kier alpha value is -2.72. The van der Waals surface area contributed by atoms with Crippen LogP contribution < -0.4 is 9.47 Å². The van der Waals surface area contributed by atoms with E-state index in [2.05, 4.69) is 14.8 Å². The number of esters is 1. The van der Waals surface area contributed by atoms with E-state index in [9.17, 15) is 9.90 Å². The van der Waals surface area contributed by atoms with Gasteiger partial charge in [-0.3, -0.25) is 9.69 Å². The number of hydrogen-bond acceptors (Lipinski definition) is 9. The molecule has 0 saturated carbocycles. The number of carbonyl (C=O) groups excluding carboxylic acids is 1. The van der Waals surface area contributed by atoms with Crippen molar-refractivity contribution in [3.63, 3.8) is 0 Å². The van der Waals surface area contributed by atoms with Gasteiger partial charge in [-0.15, -0.1) is 11.3 Å². The fourth-order valence-electron chi connectivity index (χ4n) is 4.71. The number of fused-ring (bicyclic) bond motifs is 1. The first-order chi connectivity index (χ1) is 19.0. The lowest BCUT2D eigenvalue weighted by atomic mass is 10.1. The summed E-state index contributed by atoms with van der Waals surface area (Å²) < 4.78 is 17.9. The highest BCUT2D eigenvalue weighted by atomic mass is 32.1. The highest BCUT2D eigenvalue weighted by Crippen LogP contribution is 2.25. The standard InChI is InChI=1S/C30H41N3O5S/c1-3-36-30(35)13-8-24-6-9-26(10-7-24)37-19-5-4-14-32-15-17-33(18-16-32)21-25(34)22-38-27-11-12-29-28(20-27)31-23(2)39-29/h6-7,9-12,20,25,34H,3-5,8,13-19,21-22H2,1-2H3/t25-/m1/s1. The van der Waals surface area contributed by atoms with E-state index in [1.165, 1.54) is 0 Å². The molecule has 1 aromatic heterocycles. The van der Waals surface area contributed by atoms with Gasteiger partial charge in [-0.1, -0.05) is 12.1 Å². The Bertz CT molecular complexity index is 1160. The molecule has 0 spiro atoms. The maximum Gasteiger partial charge on any atom is 0.306 e. The van der Waals surface area contributed by atoms with Crippen LogP contribution >= 0.6 is 11.3 Å². The van der Waals surface area contributed by atoms with E-state index in [1.807, 2.05) is 56.3 Å². The molecule has 0 aliphatic carbocycles. The molecule has 212 valence electrons. The lowest BCUT2D eigenvalue weighted by Gasteiger charge is -2.35. The number of aliphatic hydroxyl groups excluding tert-OH is 1. The van der Waals surface area contributed by atoms with E-state index < -0.39 is 6.10 Å². The van der Waals surface area contributed by atoms with Gasteiger partial charge in [0.15, 0.2) is 0 Å². The molecule has 0 amide bonds. The number of carbonyl (C=O) groups is 1. The molecule has 39 heavy (non-hydrogen) atoms. The van der Waals surface area contributed by atoms with Crippen LogP contribution in [0, 0.1) is 6.92 Å². The first kappa shape index (κ1) is 29.3. The fraction of sp³-hybridized carbons (Fsp3) is 0.533. The predicted molar refractivity (Wildman–Crippen MR) is 155 cm³/mol. The van der Waals surface area contributed by atoms with Gasteiger partial charge in [-0.05, 0) is 69.5 Å². The van der Waals surface area contributed by atoms with Gasteiger partial charge in [0, 0.05) is 45.2 Å². The average molecular weight is 556 g/mol. The van der Waals surface area contributed by atoms with E-state index in [0.717, 1.165) is 77.9 Å². The Balaban J connectivity index is 1.04. The van der Waals surface area contributed by atoms with Crippen LogP contribution in [0.3, 0.4) is 0 Å². The molecule has 1 saturated heterocycles. The maximum absolute atomic E-state index is 11.5. The number of rotatable bonds is 15. The van der Waals surface area contributed by atoms with Crippen molar-refractivity contribution in [1.29, 1.82) is 0 Å². The monoisotopic (exact) mass is 555 g/mol. The zero-order valence-electron chi connectivity index (χ0n) is 23.1. The second-order valence-electron chi connectivity index (χ2n) is 9.97. The molecule has 0 unspecified atom stereocenters. The van der Waals surface area contributed by atoms with Gasteiger partial charge < -0.3 is 24.2 Å². The summed E-state index contributed by atoms with van der Waals surface area (Å²) in [5, 5.41) is 11.5. The lowest BCUT2D eigenvalue weighted by molar-refractivity contribution is -0.143. The second kappa shape index (κ2) is 15.2. The molecule has 1 N–H and O–H groups in total. The molecule has 2 aromatic carbocycles. The quantitative estimate of drug-likeness (QED) is 0.219. The number of unbranched alkanes of at least 4 members (excludes halogenated alkanes) is 1. The summed E-state index contributed by atoms with van der Waals surface area (Å²) in [6, 6.07) is 13.9. The van der Waals surface area contributed by atoms with Crippen molar-refractivity contribution in [2.75, 3.05) is 59.1 Å². The van der Waals surface area contributed by atoms with Crippen molar-refractivity contribution in [3.8, 4) is 11.5 Å². The fourth-order valence-corrected chi connectivity index (χ4v) is 5.52. The zero-order valence-corrected chi connectivity index (χ0v) is 24.0. The molecule has 0 bridgehead atoms. The minimum absolute atomic E-state index is 0.154. The number of aryl methyl sites for hydroxylation is 2. The summed E-state index contributed by atoms with van der Waals surface area (Å²) in [5.74, 6) is 1.46. The molecular formula is C30H41N3O5S.